The van der Waals surface area contributed by atoms with Crippen LogP contribution in [0.5, 0.6) is 5.75 Å². The van der Waals surface area contributed by atoms with Gasteiger partial charge in [0.15, 0.2) is 5.69 Å². The van der Waals surface area contributed by atoms with Crippen LogP contribution in [0.3, 0.4) is 0 Å². The molecule has 1 atom stereocenters. The number of alkyl halides is 4. The fraction of sp³-hybridized carbons (Fsp3) is 0.320. The number of halogens is 5. The first kappa shape index (κ1) is 32.0. The van der Waals surface area contributed by atoms with Crippen molar-refractivity contribution in [1.29, 1.82) is 0 Å². The molecule has 0 fully saturated rings. The van der Waals surface area contributed by atoms with E-state index in [1.165, 1.54) is 17.1 Å². The second-order valence-corrected chi connectivity index (χ2v) is 9.77. The maximum Gasteiger partial charge on any atom is 0.573 e. The number of nitrogens with zero attached hydrogens (tertiary/aromatic N) is 6. The van der Waals surface area contributed by atoms with Crippen molar-refractivity contribution in [2.45, 2.75) is 45.3 Å². The third-order valence-electron chi connectivity index (χ3n) is 5.24. The van der Waals surface area contributed by atoms with Gasteiger partial charge in [0, 0.05) is 24.7 Å². The van der Waals surface area contributed by atoms with Gasteiger partial charge in [-0.15, -0.1) is 28.5 Å². The van der Waals surface area contributed by atoms with Crippen molar-refractivity contribution in [2.24, 2.45) is 4.99 Å². The van der Waals surface area contributed by atoms with E-state index >= 15 is 0 Å². The Hall–Kier alpha value is -4.54. The van der Waals surface area contributed by atoms with E-state index in [0.29, 0.717) is 5.01 Å². The van der Waals surface area contributed by atoms with Gasteiger partial charge in [-0.05, 0) is 44.3 Å². The maximum atomic E-state index is 14.6. The maximum absolute atomic E-state index is 14.6. The van der Waals surface area contributed by atoms with Crippen molar-refractivity contribution >= 4 is 35.0 Å². The molecule has 1 unspecified atom stereocenters. The fourth-order valence-corrected chi connectivity index (χ4v) is 4.10. The van der Waals surface area contributed by atoms with Crippen molar-refractivity contribution in [3.8, 4) is 5.75 Å². The van der Waals surface area contributed by atoms with Crippen LogP contribution in [0.2, 0.25) is 0 Å². The van der Waals surface area contributed by atoms with Gasteiger partial charge in [-0.3, -0.25) is 14.6 Å². The highest BCUT2D eigenvalue weighted by Gasteiger charge is 2.31. The number of aryl methyl sites for hydroxylation is 1. The molecule has 11 nitrogen and oxygen atoms in total. The molecule has 0 saturated carbocycles. The highest BCUT2D eigenvalue weighted by atomic mass is 32.1. The number of nitrogens with one attached hydrogen (secondary N) is 2. The van der Waals surface area contributed by atoms with Crippen LogP contribution in [0.15, 0.2) is 53.3 Å². The molecule has 3 aromatic rings. The van der Waals surface area contributed by atoms with E-state index in [9.17, 15) is 31.5 Å². The minimum absolute atomic E-state index is 0.0260. The predicted octanol–water partition coefficient (Wildman–Crippen LogP) is 4.21. The summed E-state index contributed by atoms with van der Waals surface area (Å²) >= 11 is 0.964. The summed E-state index contributed by atoms with van der Waals surface area (Å²) in [5, 5.41) is 20.7. The topological polar surface area (TPSA) is 136 Å². The summed E-state index contributed by atoms with van der Waals surface area (Å²) in [6.45, 7) is 5.24. The molecular weight excluding hydrogens is 587 g/mol. The highest BCUT2D eigenvalue weighted by molar-refractivity contribution is 7.15. The molecule has 0 bridgehead atoms. The third-order valence-corrected chi connectivity index (χ3v) is 6.14. The van der Waals surface area contributed by atoms with Crippen LogP contribution in [-0.2, 0) is 24.2 Å². The minimum Gasteiger partial charge on any atom is -0.406 e. The van der Waals surface area contributed by atoms with Crippen LogP contribution >= 0.6 is 11.3 Å². The second kappa shape index (κ2) is 14.9. The van der Waals surface area contributed by atoms with Gasteiger partial charge in [-0.1, -0.05) is 28.2 Å². The molecule has 42 heavy (non-hydrogen) atoms. The standard InChI is InChI=1S/C25H25F5N8O3S/c1-15(4-3-9-31-2)12-32-23(40)20-14-38(37-34-20)13-17(26)5-8-22-35-36-24(42-22)33-21(39)11-16-10-18(6-7-19(16)27)41-25(28,29)30/h3-4,6-7,9-10,14,17H,2,5,8,11-13H2,1H3,(H,32,40)(H,33,36,39)/b9-3-,15-4+. The van der Waals surface area contributed by atoms with Gasteiger partial charge in [0.1, 0.15) is 22.7 Å². The number of carbonyl (C=O) groups is 2. The molecule has 2 heterocycles. The fourth-order valence-electron chi connectivity index (χ4n) is 3.33. The smallest absolute Gasteiger partial charge is 0.406 e. The molecule has 2 aromatic heterocycles. The number of aliphatic imine (C=N–C) groups is 1. The summed E-state index contributed by atoms with van der Waals surface area (Å²) in [5.41, 5.74) is 0.578. The monoisotopic (exact) mass is 612 g/mol. The Labute approximate surface area is 240 Å². The van der Waals surface area contributed by atoms with Crippen molar-refractivity contribution < 1.29 is 36.3 Å². The van der Waals surface area contributed by atoms with Crippen LogP contribution < -0.4 is 15.4 Å². The number of benzene rings is 1. The molecule has 2 N–H and O–H groups in total. The number of carbonyl (C=O) groups excluding carboxylic acids is 2. The van der Waals surface area contributed by atoms with E-state index in [1.54, 1.807) is 12.2 Å². The molecule has 0 saturated heterocycles. The zero-order chi connectivity index (χ0) is 30.7. The molecule has 17 heteroatoms. The van der Waals surface area contributed by atoms with Crippen molar-refractivity contribution in [3.63, 3.8) is 0 Å². The van der Waals surface area contributed by atoms with E-state index in [-0.39, 0.29) is 42.3 Å². The molecule has 0 radical (unpaired) electrons. The van der Waals surface area contributed by atoms with Gasteiger partial charge in [-0.2, -0.15) is 0 Å². The van der Waals surface area contributed by atoms with Crippen LogP contribution in [0.1, 0.15) is 34.4 Å². The number of rotatable bonds is 14. The minimum atomic E-state index is -4.97. The Morgan fingerprint density at radius 2 is 2.05 bits per heavy atom. The number of ether oxygens (including phenoxy) is 1. The molecule has 0 spiro atoms. The van der Waals surface area contributed by atoms with E-state index in [1.807, 2.05) is 6.92 Å². The molecule has 2 amide bonds. The number of allylic oxidation sites excluding steroid dienone is 2. The van der Waals surface area contributed by atoms with Crippen LogP contribution in [0.4, 0.5) is 27.1 Å². The van der Waals surface area contributed by atoms with Gasteiger partial charge >= 0.3 is 6.36 Å². The van der Waals surface area contributed by atoms with E-state index in [4.69, 9.17) is 0 Å². The largest absolute Gasteiger partial charge is 0.573 e. The Bertz CT molecular complexity index is 1450. The van der Waals surface area contributed by atoms with Gasteiger partial charge in [0.25, 0.3) is 5.91 Å². The van der Waals surface area contributed by atoms with Gasteiger partial charge in [-0.25, -0.2) is 13.5 Å². The average molecular weight is 613 g/mol. The van der Waals surface area contributed by atoms with Crippen LogP contribution in [-0.4, -0.2) is 62.8 Å². The highest BCUT2D eigenvalue weighted by Crippen LogP contribution is 2.25. The second-order valence-electron chi connectivity index (χ2n) is 8.71. The van der Waals surface area contributed by atoms with Gasteiger partial charge < -0.3 is 15.4 Å². The van der Waals surface area contributed by atoms with Crippen LogP contribution in [0, 0.1) is 5.82 Å². The summed E-state index contributed by atoms with van der Waals surface area (Å²) in [6, 6.07) is 2.33. The average Bonchev–Trinajstić information content (AvgIpc) is 3.57. The van der Waals surface area contributed by atoms with Crippen molar-refractivity contribution in [1.82, 2.24) is 30.5 Å². The lowest BCUT2D eigenvalue weighted by Crippen LogP contribution is -2.25. The summed E-state index contributed by atoms with van der Waals surface area (Å²) in [6.07, 6.45) is -0.449. The summed E-state index contributed by atoms with van der Waals surface area (Å²) < 4.78 is 70.7. The molecule has 0 aliphatic rings. The first-order valence-electron chi connectivity index (χ1n) is 12.2. The molecule has 224 valence electrons. The Morgan fingerprint density at radius 3 is 2.79 bits per heavy atom. The first-order chi connectivity index (χ1) is 19.9. The number of aromatic nitrogens is 5. The quantitative estimate of drug-likeness (QED) is 0.158. The lowest BCUT2D eigenvalue weighted by atomic mass is 10.1. The van der Waals surface area contributed by atoms with E-state index in [2.05, 4.69) is 47.6 Å². The van der Waals surface area contributed by atoms with Crippen molar-refractivity contribution in [3.05, 3.63) is 70.4 Å². The molecule has 0 aliphatic carbocycles. The third kappa shape index (κ3) is 10.8. The molecular formula is C25H25F5N8O3S. The number of hydrogen-bond donors (Lipinski definition) is 2. The SMILES string of the molecule is C=N/C=C\C=C(/C)CNC(=O)c1cn(CC(F)CCc2nnc(NC(=O)Cc3cc(OC(F)(F)F)ccc3F)s2)nn1. The molecule has 0 aliphatic heterocycles. The number of anilines is 1. The van der Waals surface area contributed by atoms with Gasteiger partial charge in [0.2, 0.25) is 11.0 Å². The Morgan fingerprint density at radius 1 is 1.26 bits per heavy atom. The predicted molar refractivity (Wildman–Crippen MR) is 143 cm³/mol. The molecule has 3 rings (SSSR count). The lowest BCUT2D eigenvalue weighted by Gasteiger charge is -2.10. The lowest BCUT2D eigenvalue weighted by molar-refractivity contribution is -0.274. The van der Waals surface area contributed by atoms with Gasteiger partial charge in [0.05, 0.1) is 19.2 Å². The van der Waals surface area contributed by atoms with Crippen molar-refractivity contribution in [2.75, 3.05) is 11.9 Å². The van der Waals surface area contributed by atoms with E-state index in [0.717, 1.165) is 35.1 Å². The summed E-state index contributed by atoms with van der Waals surface area (Å²) in [7, 11) is 0. The van der Waals surface area contributed by atoms with E-state index < -0.39 is 42.3 Å². The number of amides is 2. The normalized spacial score (nSPS) is 12.8. The number of hydrogen-bond acceptors (Lipinski definition) is 9. The molecule has 1 aromatic carbocycles. The Balaban J connectivity index is 1.44. The summed E-state index contributed by atoms with van der Waals surface area (Å²) in [5.74, 6) is -2.76. The first-order valence-corrected chi connectivity index (χ1v) is 13.0. The van der Waals surface area contributed by atoms with Crippen LogP contribution in [0.25, 0.3) is 0 Å². The zero-order valence-electron chi connectivity index (χ0n) is 22.1. The zero-order valence-corrected chi connectivity index (χ0v) is 22.9. The summed E-state index contributed by atoms with van der Waals surface area (Å²) in [4.78, 5) is 28.1. The Kier molecular flexibility index (Phi) is 11.3.